The van der Waals surface area contributed by atoms with Gasteiger partial charge in [-0.15, -0.1) is 12.4 Å². The number of likely N-dealkylation sites (tertiary alicyclic amines) is 1. The summed E-state index contributed by atoms with van der Waals surface area (Å²) in [5.74, 6) is 1.15. The molecule has 0 bridgehead atoms. The lowest BCUT2D eigenvalue weighted by Gasteiger charge is -2.31. The van der Waals surface area contributed by atoms with Gasteiger partial charge in [0.1, 0.15) is 12.1 Å². The number of rotatable bonds is 6. The van der Waals surface area contributed by atoms with E-state index in [-0.39, 0.29) is 18.2 Å². The molecular formula is C18H25ClFN3O. The highest BCUT2D eigenvalue weighted by Gasteiger charge is 2.20. The average molecular weight is 354 g/mol. The van der Waals surface area contributed by atoms with Gasteiger partial charge >= 0.3 is 0 Å². The van der Waals surface area contributed by atoms with Crippen LogP contribution in [0.25, 0.3) is 11.5 Å². The molecule has 6 heteroatoms. The summed E-state index contributed by atoms with van der Waals surface area (Å²) in [6, 6.07) is 6.24. The Hall–Kier alpha value is -1.43. The highest BCUT2D eigenvalue weighted by atomic mass is 35.5. The van der Waals surface area contributed by atoms with Crippen LogP contribution in [0.3, 0.4) is 0 Å². The van der Waals surface area contributed by atoms with E-state index in [4.69, 9.17) is 4.42 Å². The molecule has 132 valence electrons. The fourth-order valence-electron chi connectivity index (χ4n) is 3.12. The largest absolute Gasteiger partial charge is 0.444 e. The standard InChI is InChI=1S/C18H24FN3O.ClH/c1-20-9-6-14-7-10-22(11-8-14)12-17-13-23-18(21-17)15-2-4-16(19)5-3-15;/h2-5,13-14,20H,6-12H2,1H3;1H. The predicted octanol–water partition coefficient (Wildman–Crippen LogP) is 3.72. The van der Waals surface area contributed by atoms with Gasteiger partial charge in [-0.25, -0.2) is 9.37 Å². The minimum Gasteiger partial charge on any atom is -0.444 e. The van der Waals surface area contributed by atoms with Crippen LogP contribution >= 0.6 is 12.4 Å². The summed E-state index contributed by atoms with van der Waals surface area (Å²) < 4.78 is 18.5. The monoisotopic (exact) mass is 353 g/mol. The van der Waals surface area contributed by atoms with Crippen LogP contribution in [-0.4, -0.2) is 36.6 Å². The summed E-state index contributed by atoms with van der Waals surface area (Å²) in [4.78, 5) is 6.96. The van der Waals surface area contributed by atoms with E-state index in [9.17, 15) is 4.39 Å². The van der Waals surface area contributed by atoms with E-state index >= 15 is 0 Å². The molecule has 0 atom stereocenters. The summed E-state index contributed by atoms with van der Waals surface area (Å²) >= 11 is 0. The Morgan fingerprint density at radius 3 is 2.62 bits per heavy atom. The number of hydrogen-bond donors (Lipinski definition) is 1. The SMILES string of the molecule is CNCCC1CCN(Cc2coc(-c3ccc(F)cc3)n2)CC1.Cl. The molecule has 0 spiro atoms. The fourth-order valence-corrected chi connectivity index (χ4v) is 3.12. The number of oxazole rings is 1. The van der Waals surface area contributed by atoms with Crippen LogP contribution in [-0.2, 0) is 6.54 Å². The number of hydrogen-bond acceptors (Lipinski definition) is 4. The second kappa shape index (κ2) is 9.16. The molecule has 2 aromatic rings. The summed E-state index contributed by atoms with van der Waals surface area (Å²) in [5, 5.41) is 3.23. The topological polar surface area (TPSA) is 41.3 Å². The Kier molecular flexibility index (Phi) is 7.21. The van der Waals surface area contributed by atoms with E-state index in [0.717, 1.165) is 43.4 Å². The normalized spacial score (nSPS) is 16.1. The Labute approximate surface area is 148 Å². The maximum Gasteiger partial charge on any atom is 0.226 e. The highest BCUT2D eigenvalue weighted by molar-refractivity contribution is 5.85. The first-order valence-electron chi connectivity index (χ1n) is 8.32. The zero-order valence-electron chi connectivity index (χ0n) is 14.0. The van der Waals surface area contributed by atoms with Gasteiger partial charge in [0.25, 0.3) is 0 Å². The van der Waals surface area contributed by atoms with Crippen LogP contribution in [0, 0.1) is 11.7 Å². The molecule has 1 aliphatic heterocycles. The molecule has 3 rings (SSSR count). The lowest BCUT2D eigenvalue weighted by molar-refractivity contribution is 0.170. The smallest absolute Gasteiger partial charge is 0.226 e. The molecule has 1 aromatic heterocycles. The molecular weight excluding hydrogens is 329 g/mol. The third-order valence-electron chi connectivity index (χ3n) is 4.54. The number of nitrogens with zero attached hydrogens (tertiary/aromatic N) is 2. The van der Waals surface area contributed by atoms with Crippen molar-refractivity contribution in [3.63, 3.8) is 0 Å². The molecule has 4 nitrogen and oxygen atoms in total. The van der Waals surface area contributed by atoms with Crippen LogP contribution in [0.1, 0.15) is 25.0 Å². The Morgan fingerprint density at radius 1 is 1.25 bits per heavy atom. The van der Waals surface area contributed by atoms with Crippen LogP contribution in [0.5, 0.6) is 0 Å². The lowest BCUT2D eigenvalue weighted by Crippen LogP contribution is -2.34. The van der Waals surface area contributed by atoms with E-state index in [1.54, 1.807) is 18.4 Å². The van der Waals surface area contributed by atoms with Gasteiger partial charge in [0.15, 0.2) is 0 Å². The molecule has 0 amide bonds. The van der Waals surface area contributed by atoms with Gasteiger partial charge in [-0.05, 0) is 76.1 Å². The molecule has 2 heterocycles. The Balaban J connectivity index is 0.00000208. The number of halogens is 2. The summed E-state index contributed by atoms with van der Waals surface area (Å²) in [6.07, 6.45) is 5.49. The maximum atomic E-state index is 13.0. The van der Waals surface area contributed by atoms with E-state index in [0.29, 0.717) is 5.89 Å². The number of aromatic nitrogens is 1. The third-order valence-corrected chi connectivity index (χ3v) is 4.54. The van der Waals surface area contributed by atoms with Crippen molar-refractivity contribution in [2.24, 2.45) is 5.92 Å². The van der Waals surface area contributed by atoms with Crippen molar-refractivity contribution in [1.82, 2.24) is 15.2 Å². The molecule has 0 unspecified atom stereocenters. The summed E-state index contributed by atoms with van der Waals surface area (Å²) in [7, 11) is 2.01. The van der Waals surface area contributed by atoms with Gasteiger partial charge in [-0.2, -0.15) is 0 Å². The van der Waals surface area contributed by atoms with E-state index < -0.39 is 0 Å². The van der Waals surface area contributed by atoms with Crippen molar-refractivity contribution in [3.05, 3.63) is 42.0 Å². The third kappa shape index (κ3) is 5.03. The van der Waals surface area contributed by atoms with E-state index in [2.05, 4.69) is 15.2 Å². The first kappa shape index (κ1) is 18.9. The molecule has 0 aliphatic carbocycles. The molecule has 0 saturated carbocycles. The first-order valence-corrected chi connectivity index (χ1v) is 8.32. The van der Waals surface area contributed by atoms with Crippen LogP contribution in [0.4, 0.5) is 4.39 Å². The maximum absolute atomic E-state index is 13.0. The van der Waals surface area contributed by atoms with Crippen molar-refractivity contribution in [1.29, 1.82) is 0 Å². The van der Waals surface area contributed by atoms with Gasteiger partial charge in [-0.3, -0.25) is 4.90 Å². The summed E-state index contributed by atoms with van der Waals surface area (Å²) in [5.41, 5.74) is 1.75. The molecule has 24 heavy (non-hydrogen) atoms. The van der Waals surface area contributed by atoms with Crippen LogP contribution < -0.4 is 5.32 Å². The lowest BCUT2D eigenvalue weighted by atomic mass is 9.93. The van der Waals surface area contributed by atoms with Crippen molar-refractivity contribution in [3.8, 4) is 11.5 Å². The van der Waals surface area contributed by atoms with Gasteiger partial charge in [0.2, 0.25) is 5.89 Å². The van der Waals surface area contributed by atoms with Gasteiger partial charge in [0, 0.05) is 12.1 Å². The second-order valence-electron chi connectivity index (χ2n) is 6.26. The highest BCUT2D eigenvalue weighted by Crippen LogP contribution is 2.23. The molecule has 1 aromatic carbocycles. The molecule has 0 radical (unpaired) electrons. The quantitative estimate of drug-likeness (QED) is 0.859. The molecule has 1 N–H and O–H groups in total. The van der Waals surface area contributed by atoms with Gasteiger partial charge < -0.3 is 9.73 Å². The Morgan fingerprint density at radius 2 is 1.96 bits per heavy atom. The van der Waals surface area contributed by atoms with Gasteiger partial charge in [0.05, 0.1) is 5.69 Å². The minimum absolute atomic E-state index is 0. The van der Waals surface area contributed by atoms with Crippen molar-refractivity contribution >= 4 is 12.4 Å². The number of piperidine rings is 1. The number of benzene rings is 1. The zero-order chi connectivity index (χ0) is 16.1. The van der Waals surface area contributed by atoms with E-state index in [1.165, 1.54) is 31.4 Å². The Bertz CT molecular complexity index is 609. The summed E-state index contributed by atoms with van der Waals surface area (Å²) in [6.45, 7) is 4.17. The predicted molar refractivity (Wildman–Crippen MR) is 95.7 cm³/mol. The van der Waals surface area contributed by atoms with Crippen molar-refractivity contribution in [2.75, 3.05) is 26.7 Å². The molecule has 1 aliphatic rings. The molecule has 1 fully saturated rings. The fraction of sp³-hybridized carbons (Fsp3) is 0.500. The molecule has 1 saturated heterocycles. The second-order valence-corrected chi connectivity index (χ2v) is 6.26. The van der Waals surface area contributed by atoms with Crippen molar-refractivity contribution in [2.45, 2.75) is 25.8 Å². The zero-order valence-corrected chi connectivity index (χ0v) is 14.8. The number of nitrogens with one attached hydrogen (secondary N) is 1. The van der Waals surface area contributed by atoms with Crippen LogP contribution in [0.2, 0.25) is 0 Å². The van der Waals surface area contributed by atoms with Crippen LogP contribution in [0.15, 0.2) is 34.9 Å². The van der Waals surface area contributed by atoms with Crippen molar-refractivity contribution < 1.29 is 8.81 Å². The average Bonchev–Trinajstić information content (AvgIpc) is 3.03. The van der Waals surface area contributed by atoms with E-state index in [1.807, 2.05) is 7.05 Å². The van der Waals surface area contributed by atoms with Gasteiger partial charge in [-0.1, -0.05) is 0 Å². The minimum atomic E-state index is -0.248. The first-order chi connectivity index (χ1) is 11.2.